The van der Waals surface area contributed by atoms with Gasteiger partial charge in [-0.25, -0.2) is 9.10 Å². The smallest absolute Gasteiger partial charge is 0.444 e. The zero-order valence-corrected chi connectivity index (χ0v) is 35.2. The van der Waals surface area contributed by atoms with Crippen molar-refractivity contribution in [2.24, 2.45) is 0 Å². The van der Waals surface area contributed by atoms with Crippen LogP contribution >= 0.6 is 35.1 Å². The maximum absolute atomic E-state index is 14.2. The topological polar surface area (TPSA) is 84.8 Å². The Morgan fingerprint density at radius 1 is 0.857 bits per heavy atom. The molecule has 304 valence electrons. The number of nitrogens with zero attached hydrogens (tertiary/aromatic N) is 2. The summed E-state index contributed by atoms with van der Waals surface area (Å²) >= 11 is 12.5. The van der Waals surface area contributed by atoms with Crippen LogP contribution in [-0.4, -0.2) is 64.0 Å². The third kappa shape index (κ3) is 12.0. The lowest BCUT2D eigenvalue weighted by atomic mass is 9.84. The molecule has 0 bridgehead atoms. The van der Waals surface area contributed by atoms with Crippen molar-refractivity contribution in [2.45, 2.75) is 102 Å². The molecule has 1 amide bonds. The molecule has 5 rings (SSSR count). The fraction of sp³-hybridized carbons (Fsp3) is 0.476. The Labute approximate surface area is 341 Å². The Balaban J connectivity index is 1.49. The van der Waals surface area contributed by atoms with Crippen LogP contribution in [0.1, 0.15) is 90.3 Å². The molecule has 1 aliphatic heterocycles. The number of halogens is 5. The molecule has 3 aromatic carbocycles. The number of alkyl halides is 3. The Bertz CT molecular complexity index is 1980. The number of pyridine rings is 1. The number of carbonyl (C=O) groups excluding carboxylic acids is 1. The largest absolute Gasteiger partial charge is 0.456 e. The molecule has 14 heteroatoms. The minimum atomic E-state index is -4.34. The highest BCUT2D eigenvalue weighted by molar-refractivity contribution is 7.97. The maximum atomic E-state index is 14.2. The summed E-state index contributed by atoms with van der Waals surface area (Å²) in [5.74, 6) is -0.206. The second kappa shape index (κ2) is 17.6. The van der Waals surface area contributed by atoms with Gasteiger partial charge in [-0.3, -0.25) is 4.79 Å². The number of nitrogens with one attached hydrogen (secondary N) is 2. The number of fused-ring (bicyclic) bond motifs is 1. The number of ether oxygens (including phenoxy) is 2. The number of anilines is 1. The van der Waals surface area contributed by atoms with Gasteiger partial charge in [-0.2, -0.15) is 13.2 Å². The molecular formula is C42H51Cl2F3N4O4S. The molecule has 2 heterocycles. The summed E-state index contributed by atoms with van der Waals surface area (Å²) in [5.41, 5.74) is -2.30. The molecule has 2 N–H and O–H groups in total. The number of hydrogen-bond donors (Lipinski definition) is 2. The van der Waals surface area contributed by atoms with Crippen molar-refractivity contribution in [2.75, 3.05) is 31.6 Å². The highest BCUT2D eigenvalue weighted by atomic mass is 35.5. The van der Waals surface area contributed by atoms with Crippen molar-refractivity contribution in [1.82, 2.24) is 14.2 Å². The molecular weight excluding hydrogens is 784 g/mol. The van der Waals surface area contributed by atoms with E-state index in [-0.39, 0.29) is 49.1 Å². The Hall–Kier alpha value is -3.42. The summed E-state index contributed by atoms with van der Waals surface area (Å²) in [7, 11) is 0. The lowest BCUT2D eigenvalue weighted by Gasteiger charge is -2.34. The predicted molar refractivity (Wildman–Crippen MR) is 222 cm³/mol. The van der Waals surface area contributed by atoms with Crippen molar-refractivity contribution < 1.29 is 27.4 Å². The van der Waals surface area contributed by atoms with Crippen LogP contribution in [0.25, 0.3) is 10.9 Å². The number of benzene rings is 3. The van der Waals surface area contributed by atoms with Gasteiger partial charge in [0, 0.05) is 82.9 Å². The van der Waals surface area contributed by atoms with Crippen LogP contribution in [-0.2, 0) is 15.0 Å². The molecule has 1 aliphatic rings. The molecule has 1 saturated heterocycles. The number of alkyl carbamates (subject to hydrolysis) is 1. The Kier molecular flexibility index (Phi) is 13.7. The van der Waals surface area contributed by atoms with E-state index < -0.39 is 28.3 Å². The zero-order chi connectivity index (χ0) is 41.1. The molecule has 0 saturated carbocycles. The molecule has 1 fully saturated rings. The SMILES string of the molecule is CC(C)(C)OC(=O)NCC(C)(C)OCCC(C)(C)n1c(=O)cc(NC2CCN(SC(F)(F)F)CC2)c2cc(C(c3ccc(Cl)cc3)c3ccc(Cl)cc3)ccc21. The molecule has 0 radical (unpaired) electrons. The number of carbonyl (C=O) groups is 1. The molecule has 0 spiro atoms. The fourth-order valence-corrected chi connectivity index (χ4v) is 7.90. The van der Waals surface area contributed by atoms with Crippen molar-refractivity contribution in [1.29, 1.82) is 0 Å². The second-order valence-corrected chi connectivity index (χ2v) is 18.5. The van der Waals surface area contributed by atoms with E-state index in [0.717, 1.165) is 22.1 Å². The first kappa shape index (κ1) is 43.7. The second-order valence-electron chi connectivity index (χ2n) is 16.5. The van der Waals surface area contributed by atoms with Gasteiger partial charge in [0.15, 0.2) is 0 Å². The number of amides is 1. The predicted octanol–water partition coefficient (Wildman–Crippen LogP) is 11.0. The highest BCUT2D eigenvalue weighted by Gasteiger charge is 2.35. The standard InChI is InChI=1S/C42H51Cl2F3N4O4S/c1-39(2,3)55-38(53)48-26-41(6,7)54-23-20-40(4,5)51-35-17-12-29(37(27-8-13-30(43)14-9-27)28-10-15-31(44)16-11-28)24-33(35)34(25-36(51)52)49-32-18-21-50(22-19-32)56-42(45,46)47/h8-17,24-25,32,37,49H,18-23,26H2,1-7H3,(H,48,53). The average molecular weight is 836 g/mol. The molecule has 4 aromatic rings. The van der Waals surface area contributed by atoms with E-state index in [1.165, 1.54) is 4.31 Å². The van der Waals surface area contributed by atoms with E-state index in [4.69, 9.17) is 32.7 Å². The van der Waals surface area contributed by atoms with E-state index in [1.807, 2.05) is 88.4 Å². The number of hydrogen-bond acceptors (Lipinski definition) is 7. The van der Waals surface area contributed by atoms with Gasteiger partial charge in [0.25, 0.3) is 5.56 Å². The van der Waals surface area contributed by atoms with Crippen LogP contribution in [0.4, 0.5) is 23.7 Å². The van der Waals surface area contributed by atoms with Gasteiger partial charge in [0.1, 0.15) is 5.60 Å². The van der Waals surface area contributed by atoms with E-state index in [0.29, 0.717) is 47.1 Å². The van der Waals surface area contributed by atoms with Crippen LogP contribution in [0, 0.1) is 0 Å². The fourth-order valence-electron chi connectivity index (χ4n) is 6.96. The quantitative estimate of drug-likeness (QED) is 0.102. The minimum Gasteiger partial charge on any atom is -0.444 e. The van der Waals surface area contributed by atoms with Gasteiger partial charge < -0.3 is 24.7 Å². The van der Waals surface area contributed by atoms with Crippen LogP contribution in [0.15, 0.2) is 77.6 Å². The van der Waals surface area contributed by atoms with Gasteiger partial charge >= 0.3 is 11.6 Å². The van der Waals surface area contributed by atoms with Gasteiger partial charge in [0.2, 0.25) is 0 Å². The summed E-state index contributed by atoms with van der Waals surface area (Å²) in [6.07, 6.45) is 0.903. The molecule has 8 nitrogen and oxygen atoms in total. The lowest BCUT2D eigenvalue weighted by Crippen LogP contribution is -2.44. The summed E-state index contributed by atoms with van der Waals surface area (Å²) < 4.78 is 54.1. The van der Waals surface area contributed by atoms with Crippen molar-refractivity contribution in [3.8, 4) is 0 Å². The molecule has 0 aliphatic carbocycles. The molecule has 0 atom stereocenters. The van der Waals surface area contributed by atoms with Crippen LogP contribution in [0.5, 0.6) is 0 Å². The number of piperidine rings is 1. The van der Waals surface area contributed by atoms with E-state index in [9.17, 15) is 22.8 Å². The first-order valence-electron chi connectivity index (χ1n) is 18.7. The summed E-state index contributed by atoms with van der Waals surface area (Å²) in [6, 6.07) is 22.9. The normalized spacial score (nSPS) is 15.0. The van der Waals surface area contributed by atoms with Crippen molar-refractivity contribution in [3.63, 3.8) is 0 Å². The monoisotopic (exact) mass is 834 g/mol. The molecule has 0 unspecified atom stereocenters. The van der Waals surface area contributed by atoms with Crippen LogP contribution in [0.2, 0.25) is 10.0 Å². The molecule has 1 aromatic heterocycles. The van der Waals surface area contributed by atoms with E-state index >= 15 is 0 Å². The Morgan fingerprint density at radius 3 is 1.95 bits per heavy atom. The van der Waals surface area contributed by atoms with E-state index in [2.05, 4.69) is 16.7 Å². The summed E-state index contributed by atoms with van der Waals surface area (Å²) in [6.45, 7) is 14.2. The van der Waals surface area contributed by atoms with Crippen LogP contribution in [0.3, 0.4) is 0 Å². The van der Waals surface area contributed by atoms with Crippen molar-refractivity contribution in [3.05, 3.63) is 110 Å². The third-order valence-corrected chi connectivity index (χ3v) is 11.0. The van der Waals surface area contributed by atoms with Gasteiger partial charge in [0.05, 0.1) is 11.1 Å². The highest BCUT2D eigenvalue weighted by Crippen LogP contribution is 2.39. The maximum Gasteiger partial charge on any atom is 0.456 e. The zero-order valence-electron chi connectivity index (χ0n) is 32.9. The van der Waals surface area contributed by atoms with Gasteiger partial charge in [-0.15, -0.1) is 0 Å². The summed E-state index contributed by atoms with van der Waals surface area (Å²) in [5, 5.41) is 8.36. The first-order valence-corrected chi connectivity index (χ1v) is 20.2. The van der Waals surface area contributed by atoms with Gasteiger partial charge in [-0.1, -0.05) is 53.5 Å². The first-order chi connectivity index (χ1) is 26.1. The van der Waals surface area contributed by atoms with E-state index in [1.54, 1.807) is 31.4 Å². The number of rotatable bonds is 13. The lowest BCUT2D eigenvalue weighted by molar-refractivity contribution is -0.0366. The molecule has 56 heavy (non-hydrogen) atoms. The number of aromatic nitrogens is 1. The Morgan fingerprint density at radius 2 is 1.41 bits per heavy atom. The van der Waals surface area contributed by atoms with Crippen LogP contribution < -0.4 is 16.2 Å². The van der Waals surface area contributed by atoms with Crippen molar-refractivity contribution >= 4 is 57.8 Å². The van der Waals surface area contributed by atoms with Gasteiger partial charge in [-0.05, 0) is 121 Å². The third-order valence-electron chi connectivity index (χ3n) is 9.70. The minimum absolute atomic E-state index is 0.0868. The average Bonchev–Trinajstić information content (AvgIpc) is 3.08. The summed E-state index contributed by atoms with van der Waals surface area (Å²) in [4.78, 5) is 26.5.